The van der Waals surface area contributed by atoms with E-state index in [9.17, 15) is 4.79 Å². The maximum atomic E-state index is 9.25. The van der Waals surface area contributed by atoms with Gasteiger partial charge in [0.25, 0.3) is 0 Å². The summed E-state index contributed by atoms with van der Waals surface area (Å²) in [6.07, 6.45) is 0.833. The first-order valence-corrected chi connectivity index (χ1v) is 1.85. The number of hydroxylamine groups is 1. The molecule has 0 saturated carbocycles. The highest BCUT2D eigenvalue weighted by Crippen LogP contribution is 1.54. The minimum absolute atomic E-state index is 0.833. The van der Waals surface area contributed by atoms with Crippen LogP contribution in [0.25, 0.3) is 0 Å². The number of carbonyl (C=O) groups is 1. The Labute approximate surface area is 47.4 Å². The fraction of sp³-hybridized carbons (Fsp3) is 0.250. The first-order valence-electron chi connectivity index (χ1n) is 1.85. The Hall–Kier alpha value is -0.870. The van der Waals surface area contributed by atoms with Crippen molar-refractivity contribution in [1.82, 2.24) is 5.48 Å². The monoisotopic (exact) mass is 119 g/mol. The molecule has 0 aromatic carbocycles. The van der Waals surface area contributed by atoms with E-state index in [0.29, 0.717) is 0 Å². The molecule has 0 heterocycles. The highest BCUT2D eigenvalue weighted by atomic mass is 16.5. The van der Waals surface area contributed by atoms with E-state index in [2.05, 4.69) is 6.58 Å². The van der Waals surface area contributed by atoms with Crippen molar-refractivity contribution in [2.24, 2.45) is 0 Å². The summed E-state index contributed by atoms with van der Waals surface area (Å²) in [5.41, 5.74) is 1.75. The van der Waals surface area contributed by atoms with Crippen LogP contribution < -0.4 is 5.48 Å². The molecule has 4 nitrogen and oxygen atoms in total. The maximum absolute atomic E-state index is 9.25. The van der Waals surface area contributed by atoms with Crippen molar-refractivity contribution in [3.8, 4) is 0 Å². The second kappa shape index (κ2) is 9.46. The number of hydrogen-bond donors (Lipinski definition) is 3. The zero-order chi connectivity index (χ0) is 6.99. The molecule has 0 aliphatic carbocycles. The van der Waals surface area contributed by atoms with E-state index in [0.717, 1.165) is 6.08 Å². The Morgan fingerprint density at radius 3 is 2.00 bits per heavy atom. The quantitative estimate of drug-likeness (QED) is 0.331. The Bertz CT molecular complexity index is 71.7. The summed E-state index contributed by atoms with van der Waals surface area (Å²) >= 11 is 0. The predicted octanol–water partition coefficient (Wildman–Crippen LogP) is -0.148. The smallest absolute Gasteiger partial charge is 0.327 e. The number of carboxylic acid groups (broad SMARTS) is 1. The SMILES string of the molecule is C=CC(=O)O.CNO. The second-order valence-corrected chi connectivity index (χ2v) is 0.766. The third-order valence-corrected chi connectivity index (χ3v) is 0.175. The third-order valence-electron chi connectivity index (χ3n) is 0.175. The van der Waals surface area contributed by atoms with E-state index in [4.69, 9.17) is 10.3 Å². The summed E-state index contributed by atoms with van der Waals surface area (Å²) in [6.45, 7) is 2.96. The Morgan fingerprint density at radius 2 is 2.00 bits per heavy atom. The van der Waals surface area contributed by atoms with Gasteiger partial charge in [-0.2, -0.15) is 0 Å². The van der Waals surface area contributed by atoms with Crippen LogP contribution >= 0.6 is 0 Å². The van der Waals surface area contributed by atoms with Gasteiger partial charge in [0.2, 0.25) is 0 Å². The molecule has 0 aliphatic rings. The van der Waals surface area contributed by atoms with Gasteiger partial charge in [-0.15, -0.1) is 0 Å². The Balaban J connectivity index is 0. The zero-order valence-corrected chi connectivity index (χ0v) is 4.59. The molecular weight excluding hydrogens is 110 g/mol. The molecule has 3 N–H and O–H groups in total. The second-order valence-electron chi connectivity index (χ2n) is 0.766. The summed E-state index contributed by atoms with van der Waals surface area (Å²) in [5, 5.41) is 14.9. The van der Waals surface area contributed by atoms with Crippen LogP contribution in [0, 0.1) is 0 Å². The van der Waals surface area contributed by atoms with Gasteiger partial charge in [-0.1, -0.05) is 6.58 Å². The summed E-state index contributed by atoms with van der Waals surface area (Å²) in [4.78, 5) is 9.25. The van der Waals surface area contributed by atoms with Gasteiger partial charge in [-0.25, -0.2) is 10.3 Å². The lowest BCUT2D eigenvalue weighted by Gasteiger charge is -1.64. The summed E-state index contributed by atoms with van der Waals surface area (Å²) in [7, 11) is 1.43. The Kier molecular flexibility index (Phi) is 12.0. The van der Waals surface area contributed by atoms with E-state index in [1.807, 2.05) is 0 Å². The summed E-state index contributed by atoms with van der Waals surface area (Å²) in [5.74, 6) is -0.981. The van der Waals surface area contributed by atoms with Crippen LogP contribution in [0.4, 0.5) is 0 Å². The molecule has 0 aromatic rings. The van der Waals surface area contributed by atoms with Gasteiger partial charge in [0.05, 0.1) is 0 Å². The van der Waals surface area contributed by atoms with E-state index < -0.39 is 5.97 Å². The minimum Gasteiger partial charge on any atom is -0.478 e. The largest absolute Gasteiger partial charge is 0.478 e. The molecule has 0 amide bonds. The minimum atomic E-state index is -0.981. The molecule has 0 fully saturated rings. The lowest BCUT2D eigenvalue weighted by Crippen LogP contribution is -1.91. The van der Waals surface area contributed by atoms with Crippen molar-refractivity contribution in [1.29, 1.82) is 0 Å². The average molecular weight is 119 g/mol. The van der Waals surface area contributed by atoms with Crippen LogP contribution in [-0.2, 0) is 4.79 Å². The highest BCUT2D eigenvalue weighted by molar-refractivity contribution is 5.78. The van der Waals surface area contributed by atoms with Crippen molar-refractivity contribution in [3.63, 3.8) is 0 Å². The van der Waals surface area contributed by atoms with Crippen LogP contribution in [-0.4, -0.2) is 23.3 Å². The van der Waals surface area contributed by atoms with E-state index >= 15 is 0 Å². The maximum Gasteiger partial charge on any atom is 0.327 e. The fourth-order valence-electron chi connectivity index (χ4n) is 0. The molecule has 48 valence electrons. The first kappa shape index (κ1) is 10.2. The summed E-state index contributed by atoms with van der Waals surface area (Å²) in [6, 6.07) is 0. The third kappa shape index (κ3) is 68.5. The van der Waals surface area contributed by atoms with E-state index in [1.54, 1.807) is 5.48 Å². The molecule has 0 atom stereocenters. The van der Waals surface area contributed by atoms with Crippen LogP contribution in [0.3, 0.4) is 0 Å². The van der Waals surface area contributed by atoms with Crippen LogP contribution in [0.15, 0.2) is 12.7 Å². The normalized spacial score (nSPS) is 6.25. The van der Waals surface area contributed by atoms with Gasteiger partial charge in [0, 0.05) is 13.1 Å². The predicted molar refractivity (Wildman–Crippen MR) is 28.7 cm³/mol. The fourth-order valence-corrected chi connectivity index (χ4v) is 0. The number of rotatable bonds is 1. The molecule has 8 heavy (non-hydrogen) atoms. The van der Waals surface area contributed by atoms with E-state index in [-0.39, 0.29) is 0 Å². The van der Waals surface area contributed by atoms with Crippen molar-refractivity contribution in [2.75, 3.05) is 7.05 Å². The van der Waals surface area contributed by atoms with Crippen LogP contribution in [0.5, 0.6) is 0 Å². The molecule has 0 rings (SSSR count). The van der Waals surface area contributed by atoms with Gasteiger partial charge in [0.1, 0.15) is 0 Å². The van der Waals surface area contributed by atoms with E-state index in [1.165, 1.54) is 7.05 Å². The molecule has 4 heteroatoms. The van der Waals surface area contributed by atoms with Crippen molar-refractivity contribution in [3.05, 3.63) is 12.7 Å². The molecule has 0 saturated heterocycles. The van der Waals surface area contributed by atoms with Crippen molar-refractivity contribution < 1.29 is 15.1 Å². The number of hydrogen-bond acceptors (Lipinski definition) is 3. The van der Waals surface area contributed by atoms with Crippen molar-refractivity contribution in [2.45, 2.75) is 0 Å². The standard InChI is InChI=1S/C3H4O2.CH5NO/c1-2-3(4)5;1-2-3/h2H,1H2,(H,4,5);2-3H,1H3. The molecule has 0 spiro atoms. The van der Waals surface area contributed by atoms with Gasteiger partial charge < -0.3 is 10.3 Å². The lowest BCUT2D eigenvalue weighted by atomic mass is 10.7. The zero-order valence-electron chi connectivity index (χ0n) is 4.59. The van der Waals surface area contributed by atoms with Gasteiger partial charge in [-0.3, -0.25) is 0 Å². The number of nitrogens with one attached hydrogen (secondary N) is 1. The topological polar surface area (TPSA) is 69.6 Å². The Morgan fingerprint density at radius 1 is 1.88 bits per heavy atom. The number of carboxylic acids is 1. The molecule has 0 unspecified atom stereocenters. The highest BCUT2D eigenvalue weighted by Gasteiger charge is 1.73. The number of aliphatic carboxylic acids is 1. The van der Waals surface area contributed by atoms with Crippen LogP contribution in [0.1, 0.15) is 0 Å². The molecule has 0 aliphatic heterocycles. The average Bonchev–Trinajstić information content (AvgIpc) is 1.69. The van der Waals surface area contributed by atoms with Gasteiger partial charge in [0.15, 0.2) is 0 Å². The lowest BCUT2D eigenvalue weighted by molar-refractivity contribution is -0.131. The van der Waals surface area contributed by atoms with Gasteiger partial charge >= 0.3 is 5.97 Å². The molecule has 0 bridgehead atoms. The molecule has 0 radical (unpaired) electrons. The van der Waals surface area contributed by atoms with Crippen molar-refractivity contribution >= 4 is 5.97 Å². The van der Waals surface area contributed by atoms with Crippen LogP contribution in [0.2, 0.25) is 0 Å². The van der Waals surface area contributed by atoms with Gasteiger partial charge in [-0.05, 0) is 0 Å². The molecular formula is C4H9NO3. The summed E-state index contributed by atoms with van der Waals surface area (Å²) < 4.78 is 0. The molecule has 0 aromatic heterocycles. The first-order chi connectivity index (χ1) is 3.68.